The number of nitrogens with zero attached hydrogens (tertiary/aromatic N) is 1. The zero-order chi connectivity index (χ0) is 20.1. The van der Waals surface area contributed by atoms with Crippen LogP contribution in [0, 0.1) is 0 Å². The van der Waals surface area contributed by atoms with E-state index in [1.54, 1.807) is 11.9 Å². The molecule has 0 spiro atoms. The van der Waals surface area contributed by atoms with Crippen LogP contribution < -0.4 is 14.2 Å². The lowest BCUT2D eigenvalue weighted by Gasteiger charge is -2.22. The van der Waals surface area contributed by atoms with Gasteiger partial charge in [0.2, 0.25) is 0 Å². The first-order valence-electron chi connectivity index (χ1n) is 9.60. The van der Waals surface area contributed by atoms with Crippen molar-refractivity contribution < 1.29 is 19.0 Å². The summed E-state index contributed by atoms with van der Waals surface area (Å²) in [6.45, 7) is 1.92. The monoisotopic (exact) mass is 389 g/mol. The Bertz CT molecular complexity index is 987. The fraction of sp³-hybridized carbons (Fsp3) is 0.208. The van der Waals surface area contributed by atoms with Crippen LogP contribution in [-0.4, -0.2) is 31.1 Å². The number of hydrogen-bond donors (Lipinski definition) is 0. The molecule has 0 aliphatic carbocycles. The summed E-state index contributed by atoms with van der Waals surface area (Å²) in [5.41, 5.74) is 2.49. The fourth-order valence-corrected chi connectivity index (χ4v) is 3.27. The summed E-state index contributed by atoms with van der Waals surface area (Å²) in [6.07, 6.45) is 0. The third-order valence-electron chi connectivity index (χ3n) is 4.76. The highest BCUT2D eigenvalue weighted by Gasteiger charge is 2.18. The maximum atomic E-state index is 13.1. The van der Waals surface area contributed by atoms with Crippen molar-refractivity contribution >= 4 is 5.91 Å². The molecule has 29 heavy (non-hydrogen) atoms. The first kappa shape index (κ1) is 18.9. The van der Waals surface area contributed by atoms with Crippen molar-refractivity contribution in [2.75, 3.05) is 20.3 Å². The van der Waals surface area contributed by atoms with Crippen molar-refractivity contribution in [3.8, 4) is 17.2 Å². The molecule has 0 radical (unpaired) electrons. The molecule has 0 saturated heterocycles. The van der Waals surface area contributed by atoms with E-state index in [2.05, 4.69) is 0 Å². The van der Waals surface area contributed by atoms with Gasteiger partial charge in [0.1, 0.15) is 25.6 Å². The second-order valence-corrected chi connectivity index (χ2v) is 6.90. The van der Waals surface area contributed by atoms with Gasteiger partial charge in [-0.3, -0.25) is 4.79 Å². The van der Waals surface area contributed by atoms with Crippen LogP contribution in [0.4, 0.5) is 0 Å². The minimum absolute atomic E-state index is 0.0489. The van der Waals surface area contributed by atoms with Gasteiger partial charge in [0, 0.05) is 24.7 Å². The van der Waals surface area contributed by atoms with Gasteiger partial charge >= 0.3 is 0 Å². The lowest BCUT2D eigenvalue weighted by molar-refractivity contribution is 0.0782. The highest BCUT2D eigenvalue weighted by Crippen LogP contribution is 2.31. The molecule has 3 aromatic carbocycles. The Kier molecular flexibility index (Phi) is 5.66. The van der Waals surface area contributed by atoms with E-state index in [1.807, 2.05) is 72.8 Å². The summed E-state index contributed by atoms with van der Waals surface area (Å²) < 4.78 is 17.0. The molecule has 0 aromatic heterocycles. The van der Waals surface area contributed by atoms with Gasteiger partial charge in [0.15, 0.2) is 11.5 Å². The van der Waals surface area contributed by atoms with Crippen molar-refractivity contribution in [2.24, 2.45) is 0 Å². The van der Waals surface area contributed by atoms with E-state index in [4.69, 9.17) is 14.2 Å². The highest BCUT2D eigenvalue weighted by atomic mass is 16.6. The molecule has 5 nitrogen and oxygen atoms in total. The van der Waals surface area contributed by atoms with Crippen molar-refractivity contribution in [3.63, 3.8) is 0 Å². The van der Waals surface area contributed by atoms with Gasteiger partial charge < -0.3 is 19.1 Å². The highest BCUT2D eigenvalue weighted by molar-refractivity contribution is 5.95. The Labute approximate surface area is 170 Å². The molecule has 1 aliphatic rings. The Morgan fingerprint density at radius 3 is 2.48 bits per heavy atom. The Hall–Kier alpha value is -3.47. The van der Waals surface area contributed by atoms with Crippen molar-refractivity contribution in [2.45, 2.75) is 13.2 Å². The Balaban J connectivity index is 1.46. The normalized spacial score (nSPS) is 12.3. The van der Waals surface area contributed by atoms with Crippen LogP contribution in [-0.2, 0) is 13.2 Å². The number of amides is 1. The van der Waals surface area contributed by atoms with Crippen molar-refractivity contribution in [1.82, 2.24) is 4.90 Å². The molecule has 1 amide bonds. The third-order valence-corrected chi connectivity index (χ3v) is 4.76. The maximum Gasteiger partial charge on any atom is 0.254 e. The number of ether oxygens (including phenoxy) is 3. The van der Waals surface area contributed by atoms with Crippen LogP contribution in [0.15, 0.2) is 72.8 Å². The molecule has 4 rings (SSSR count). The summed E-state index contributed by atoms with van der Waals surface area (Å²) in [5.74, 6) is 2.20. The summed E-state index contributed by atoms with van der Waals surface area (Å²) in [6, 6.07) is 22.9. The molecule has 0 fully saturated rings. The molecular formula is C24H23NO4. The molecule has 148 valence electrons. The van der Waals surface area contributed by atoms with E-state index >= 15 is 0 Å². The maximum absolute atomic E-state index is 13.1. The second-order valence-electron chi connectivity index (χ2n) is 6.90. The quantitative estimate of drug-likeness (QED) is 0.630. The van der Waals surface area contributed by atoms with Crippen LogP contribution in [0.5, 0.6) is 17.2 Å². The third kappa shape index (κ3) is 4.51. The fourth-order valence-electron chi connectivity index (χ4n) is 3.27. The second kappa shape index (κ2) is 8.69. The number of carbonyl (C=O) groups excluding carboxylic acids is 1. The van der Waals surface area contributed by atoms with E-state index in [1.165, 1.54) is 0 Å². The number of hydrogen-bond acceptors (Lipinski definition) is 4. The van der Waals surface area contributed by atoms with Gasteiger partial charge in [0.05, 0.1) is 0 Å². The molecule has 0 saturated carbocycles. The Morgan fingerprint density at radius 1 is 0.931 bits per heavy atom. The first-order chi connectivity index (χ1) is 14.2. The van der Waals surface area contributed by atoms with Gasteiger partial charge in [-0.15, -0.1) is 0 Å². The SMILES string of the molecule is CN(Cc1ccc2c(c1)OCCO2)C(=O)c1ccccc1COc1ccccc1. The van der Waals surface area contributed by atoms with Crippen molar-refractivity contribution in [1.29, 1.82) is 0 Å². The van der Waals surface area contributed by atoms with Crippen molar-refractivity contribution in [3.05, 3.63) is 89.5 Å². The van der Waals surface area contributed by atoms with Crippen LogP contribution in [0.1, 0.15) is 21.5 Å². The van der Waals surface area contributed by atoms with Crippen LogP contribution in [0.25, 0.3) is 0 Å². The minimum Gasteiger partial charge on any atom is -0.489 e. The van der Waals surface area contributed by atoms with Gasteiger partial charge in [-0.05, 0) is 35.9 Å². The molecule has 0 N–H and O–H groups in total. The average Bonchev–Trinajstić information content (AvgIpc) is 2.78. The number of carbonyl (C=O) groups is 1. The summed E-state index contributed by atoms with van der Waals surface area (Å²) in [4.78, 5) is 14.8. The molecule has 5 heteroatoms. The van der Waals surface area contributed by atoms with Crippen LogP contribution in [0.2, 0.25) is 0 Å². The van der Waals surface area contributed by atoms with Crippen LogP contribution >= 0.6 is 0 Å². The van der Waals surface area contributed by atoms with E-state index in [0.717, 1.165) is 28.4 Å². The Morgan fingerprint density at radius 2 is 1.66 bits per heavy atom. The van der Waals surface area contributed by atoms with Gasteiger partial charge in [0.25, 0.3) is 5.91 Å². The van der Waals surface area contributed by atoms with Gasteiger partial charge in [-0.2, -0.15) is 0 Å². The smallest absolute Gasteiger partial charge is 0.254 e. The molecule has 1 aliphatic heterocycles. The minimum atomic E-state index is -0.0489. The summed E-state index contributed by atoms with van der Waals surface area (Å²) in [7, 11) is 1.80. The number of para-hydroxylation sites is 1. The zero-order valence-electron chi connectivity index (χ0n) is 16.3. The molecule has 0 atom stereocenters. The van der Waals surface area contributed by atoms with E-state index in [9.17, 15) is 4.79 Å². The molecule has 0 bridgehead atoms. The van der Waals surface area contributed by atoms with E-state index < -0.39 is 0 Å². The lowest BCUT2D eigenvalue weighted by Crippen LogP contribution is -2.27. The first-order valence-corrected chi connectivity index (χ1v) is 9.60. The average molecular weight is 389 g/mol. The zero-order valence-corrected chi connectivity index (χ0v) is 16.3. The molecule has 1 heterocycles. The predicted molar refractivity (Wildman–Crippen MR) is 110 cm³/mol. The topological polar surface area (TPSA) is 48.0 Å². The number of fused-ring (bicyclic) bond motifs is 1. The number of benzene rings is 3. The van der Waals surface area contributed by atoms with E-state index in [0.29, 0.717) is 31.9 Å². The summed E-state index contributed by atoms with van der Waals surface area (Å²) in [5, 5.41) is 0. The standard InChI is InChI=1S/C24H23NO4/c1-25(16-18-11-12-22-23(15-18)28-14-13-27-22)24(26)21-10-6-5-7-19(21)17-29-20-8-3-2-4-9-20/h2-12,15H,13-14,16-17H2,1H3. The number of rotatable bonds is 6. The predicted octanol–water partition coefficient (Wildman–Crippen LogP) is 4.31. The summed E-state index contributed by atoms with van der Waals surface area (Å²) >= 11 is 0. The van der Waals surface area contributed by atoms with Crippen LogP contribution in [0.3, 0.4) is 0 Å². The van der Waals surface area contributed by atoms with E-state index in [-0.39, 0.29) is 5.91 Å². The van der Waals surface area contributed by atoms with Gasteiger partial charge in [-0.25, -0.2) is 0 Å². The molecule has 0 unspecified atom stereocenters. The van der Waals surface area contributed by atoms with Gasteiger partial charge in [-0.1, -0.05) is 42.5 Å². The molecule has 3 aromatic rings. The molecular weight excluding hydrogens is 366 g/mol. The largest absolute Gasteiger partial charge is 0.489 e. The lowest BCUT2D eigenvalue weighted by atomic mass is 10.1.